The average molecular weight is 301 g/mol. The van der Waals surface area contributed by atoms with Crippen LogP contribution in [-0.4, -0.2) is 5.16 Å². The van der Waals surface area contributed by atoms with E-state index in [9.17, 15) is 0 Å². The zero-order valence-corrected chi connectivity index (χ0v) is 12.5. The van der Waals surface area contributed by atoms with Gasteiger partial charge in [0.1, 0.15) is 5.69 Å². The van der Waals surface area contributed by atoms with Crippen molar-refractivity contribution in [1.29, 1.82) is 0 Å². The van der Waals surface area contributed by atoms with E-state index in [2.05, 4.69) is 17.3 Å². The number of nitrogens with zero attached hydrogens (tertiary/aromatic N) is 1. The van der Waals surface area contributed by atoms with Crippen molar-refractivity contribution >= 4 is 0 Å². The summed E-state index contributed by atoms with van der Waals surface area (Å²) in [6.45, 7) is 0. The number of aromatic nitrogens is 1. The van der Waals surface area contributed by atoms with Crippen molar-refractivity contribution < 1.29 is 8.94 Å². The Morgan fingerprint density at radius 2 is 1.52 bits per heavy atom. The van der Waals surface area contributed by atoms with Gasteiger partial charge in [-0.2, -0.15) is 0 Å². The van der Waals surface area contributed by atoms with Crippen LogP contribution < -0.4 is 0 Å². The van der Waals surface area contributed by atoms with Gasteiger partial charge in [0.05, 0.1) is 6.26 Å². The van der Waals surface area contributed by atoms with Crippen LogP contribution >= 0.6 is 0 Å². The molecule has 3 heteroatoms. The average Bonchev–Trinajstić information content (AvgIpc) is 3.26. The Bertz CT molecular complexity index is 878. The summed E-state index contributed by atoms with van der Waals surface area (Å²) >= 11 is 0. The molecule has 0 spiro atoms. The van der Waals surface area contributed by atoms with E-state index in [-0.39, 0.29) is 0 Å². The molecule has 0 aliphatic carbocycles. The summed E-state index contributed by atoms with van der Waals surface area (Å²) in [6.07, 6.45) is 2.39. The number of rotatable bonds is 4. The second kappa shape index (κ2) is 5.97. The lowest BCUT2D eigenvalue weighted by molar-refractivity contribution is 0.419. The first-order valence-electron chi connectivity index (χ1n) is 7.53. The molecule has 3 nitrogen and oxygen atoms in total. The van der Waals surface area contributed by atoms with Crippen molar-refractivity contribution in [2.24, 2.45) is 0 Å². The molecule has 0 unspecified atom stereocenters. The molecule has 0 atom stereocenters. The minimum Gasteiger partial charge on any atom is -0.461 e. The predicted molar refractivity (Wildman–Crippen MR) is 88.9 cm³/mol. The van der Waals surface area contributed by atoms with Gasteiger partial charge in [0.2, 0.25) is 5.76 Å². The molecule has 0 bridgehead atoms. The Balaban J connectivity index is 1.84. The van der Waals surface area contributed by atoms with E-state index >= 15 is 0 Å². The Hall–Kier alpha value is -3.07. The molecular formula is C20H15NO2. The minimum absolute atomic E-state index is 0.692. The first-order valence-corrected chi connectivity index (χ1v) is 7.53. The van der Waals surface area contributed by atoms with E-state index in [4.69, 9.17) is 8.94 Å². The summed E-state index contributed by atoms with van der Waals surface area (Å²) in [5.74, 6) is 1.39. The highest BCUT2D eigenvalue weighted by Gasteiger charge is 2.20. The Morgan fingerprint density at radius 1 is 0.783 bits per heavy atom. The van der Waals surface area contributed by atoms with Crippen molar-refractivity contribution in [2.75, 3.05) is 0 Å². The van der Waals surface area contributed by atoms with E-state index in [1.54, 1.807) is 6.26 Å². The van der Waals surface area contributed by atoms with Crippen LogP contribution in [0.3, 0.4) is 0 Å². The highest BCUT2D eigenvalue weighted by Crippen LogP contribution is 2.34. The largest absolute Gasteiger partial charge is 0.461 e. The number of hydrogen-bond acceptors (Lipinski definition) is 3. The highest BCUT2D eigenvalue weighted by molar-refractivity contribution is 5.71. The standard InChI is InChI=1S/C20H15NO2/c1-3-8-15(9-4-1)14-17-19(16-10-5-2-6-11-16)21-23-20(17)18-12-7-13-22-18/h1-13H,14H2. The first kappa shape index (κ1) is 13.6. The van der Waals surface area contributed by atoms with Gasteiger partial charge in [-0.25, -0.2) is 0 Å². The molecule has 4 rings (SSSR count). The summed E-state index contributed by atoms with van der Waals surface area (Å²) < 4.78 is 11.1. The van der Waals surface area contributed by atoms with Crippen molar-refractivity contribution in [2.45, 2.75) is 6.42 Å². The third-order valence-corrected chi connectivity index (χ3v) is 3.80. The third kappa shape index (κ3) is 2.69. The Labute approximate surface area is 134 Å². The van der Waals surface area contributed by atoms with Crippen LogP contribution in [0.5, 0.6) is 0 Å². The first-order chi connectivity index (χ1) is 11.4. The number of hydrogen-bond donors (Lipinski definition) is 0. The van der Waals surface area contributed by atoms with Crippen LogP contribution in [0.2, 0.25) is 0 Å². The molecule has 0 aliphatic rings. The smallest absolute Gasteiger partial charge is 0.206 e. The quantitative estimate of drug-likeness (QED) is 0.520. The summed E-state index contributed by atoms with van der Waals surface area (Å²) in [7, 11) is 0. The van der Waals surface area contributed by atoms with E-state index in [1.165, 1.54) is 5.56 Å². The van der Waals surface area contributed by atoms with Gasteiger partial charge in [0.25, 0.3) is 0 Å². The van der Waals surface area contributed by atoms with E-state index < -0.39 is 0 Å². The highest BCUT2D eigenvalue weighted by atomic mass is 16.5. The van der Waals surface area contributed by atoms with Gasteiger partial charge in [-0.05, 0) is 17.7 Å². The van der Waals surface area contributed by atoms with Crippen molar-refractivity contribution in [3.63, 3.8) is 0 Å². The minimum atomic E-state index is 0.692. The van der Waals surface area contributed by atoms with Gasteiger partial charge in [-0.3, -0.25) is 0 Å². The lowest BCUT2D eigenvalue weighted by atomic mass is 9.98. The van der Waals surface area contributed by atoms with Crippen LogP contribution in [0.25, 0.3) is 22.8 Å². The van der Waals surface area contributed by atoms with Crippen molar-refractivity contribution in [3.8, 4) is 22.8 Å². The van der Waals surface area contributed by atoms with E-state index in [0.29, 0.717) is 11.5 Å². The second-order valence-electron chi connectivity index (χ2n) is 5.34. The van der Waals surface area contributed by atoms with Gasteiger partial charge < -0.3 is 8.94 Å². The molecule has 0 saturated heterocycles. The van der Waals surface area contributed by atoms with Gasteiger partial charge in [0, 0.05) is 17.5 Å². The lowest BCUT2D eigenvalue weighted by Crippen LogP contribution is -1.92. The van der Waals surface area contributed by atoms with E-state index in [0.717, 1.165) is 23.2 Å². The number of benzene rings is 2. The monoisotopic (exact) mass is 301 g/mol. The van der Waals surface area contributed by atoms with Crippen molar-refractivity contribution in [1.82, 2.24) is 5.16 Å². The zero-order valence-electron chi connectivity index (χ0n) is 12.5. The second-order valence-corrected chi connectivity index (χ2v) is 5.34. The molecule has 0 N–H and O–H groups in total. The molecule has 4 aromatic rings. The van der Waals surface area contributed by atoms with Crippen LogP contribution in [0.4, 0.5) is 0 Å². The van der Waals surface area contributed by atoms with Gasteiger partial charge in [-0.15, -0.1) is 0 Å². The Morgan fingerprint density at radius 3 is 2.22 bits per heavy atom. The molecule has 0 radical (unpaired) electrons. The summed E-state index contributed by atoms with van der Waals surface area (Å²) in [6, 6.07) is 24.1. The van der Waals surface area contributed by atoms with Crippen LogP contribution in [-0.2, 0) is 6.42 Å². The van der Waals surface area contributed by atoms with E-state index in [1.807, 2.05) is 60.7 Å². The van der Waals surface area contributed by atoms with Crippen molar-refractivity contribution in [3.05, 3.63) is 90.2 Å². The van der Waals surface area contributed by atoms with Gasteiger partial charge >= 0.3 is 0 Å². The fourth-order valence-electron chi connectivity index (χ4n) is 2.70. The molecule has 0 saturated carbocycles. The van der Waals surface area contributed by atoms with Crippen LogP contribution in [0, 0.1) is 0 Å². The maximum absolute atomic E-state index is 5.62. The molecule has 2 heterocycles. The fourth-order valence-corrected chi connectivity index (χ4v) is 2.70. The van der Waals surface area contributed by atoms with Crippen LogP contribution in [0.15, 0.2) is 88.0 Å². The molecule has 0 fully saturated rings. The molecular weight excluding hydrogens is 286 g/mol. The molecule has 0 amide bonds. The molecule has 23 heavy (non-hydrogen) atoms. The summed E-state index contributed by atoms with van der Waals surface area (Å²) in [5.41, 5.74) is 4.15. The maximum atomic E-state index is 5.62. The predicted octanol–water partition coefficient (Wildman–Crippen LogP) is 5.19. The summed E-state index contributed by atoms with van der Waals surface area (Å²) in [5, 5.41) is 4.30. The molecule has 112 valence electrons. The Kier molecular flexibility index (Phi) is 3.53. The molecule has 0 aliphatic heterocycles. The SMILES string of the molecule is c1ccc(Cc2c(-c3ccccc3)noc2-c2ccco2)cc1. The maximum Gasteiger partial charge on any atom is 0.206 e. The summed E-state index contributed by atoms with van der Waals surface area (Å²) in [4.78, 5) is 0. The molecule has 2 aromatic heterocycles. The molecule has 2 aromatic carbocycles. The lowest BCUT2D eigenvalue weighted by Gasteiger charge is -2.04. The third-order valence-electron chi connectivity index (χ3n) is 3.80. The fraction of sp³-hybridized carbons (Fsp3) is 0.0500. The van der Waals surface area contributed by atoms with Gasteiger partial charge in [-0.1, -0.05) is 65.8 Å². The topological polar surface area (TPSA) is 39.2 Å². The number of furan rings is 1. The van der Waals surface area contributed by atoms with Gasteiger partial charge in [0.15, 0.2) is 5.76 Å². The van der Waals surface area contributed by atoms with Crippen LogP contribution in [0.1, 0.15) is 11.1 Å². The normalized spacial score (nSPS) is 10.8. The zero-order chi connectivity index (χ0) is 15.5.